The van der Waals surface area contributed by atoms with Crippen molar-refractivity contribution in [1.82, 2.24) is 10.3 Å². The molecule has 0 saturated heterocycles. The zero-order valence-corrected chi connectivity index (χ0v) is 15.2. The number of hydrogen-bond acceptors (Lipinski definition) is 5. The summed E-state index contributed by atoms with van der Waals surface area (Å²) >= 11 is 1.79. The van der Waals surface area contributed by atoms with Gasteiger partial charge in [0.25, 0.3) is 0 Å². The van der Waals surface area contributed by atoms with Crippen LogP contribution >= 0.6 is 11.3 Å². The van der Waals surface area contributed by atoms with Crippen LogP contribution in [0.15, 0.2) is 0 Å². The van der Waals surface area contributed by atoms with Gasteiger partial charge in [-0.1, -0.05) is 20.8 Å². The number of thiazole rings is 1. The maximum atomic E-state index is 5.29. The van der Waals surface area contributed by atoms with Gasteiger partial charge in [0.2, 0.25) is 0 Å². The van der Waals surface area contributed by atoms with E-state index in [1.807, 2.05) is 0 Å². The minimum atomic E-state index is 0.503. The smallest absolute Gasteiger partial charge is 0.185 e. The Bertz CT molecular complexity index is 406. The van der Waals surface area contributed by atoms with Gasteiger partial charge < -0.3 is 15.0 Å². The Labute approximate surface area is 133 Å². The van der Waals surface area contributed by atoms with Crippen LogP contribution in [0.4, 0.5) is 5.13 Å². The second-order valence-corrected chi connectivity index (χ2v) is 7.13. The van der Waals surface area contributed by atoms with Crippen LogP contribution in [0.25, 0.3) is 0 Å². The van der Waals surface area contributed by atoms with Crippen molar-refractivity contribution in [2.24, 2.45) is 5.92 Å². The van der Waals surface area contributed by atoms with E-state index in [4.69, 9.17) is 9.72 Å². The van der Waals surface area contributed by atoms with Gasteiger partial charge in [0.05, 0.1) is 12.3 Å². The maximum absolute atomic E-state index is 5.29. The molecule has 1 aromatic rings. The lowest BCUT2D eigenvalue weighted by Crippen LogP contribution is -2.29. The summed E-state index contributed by atoms with van der Waals surface area (Å²) in [4.78, 5) is 8.38. The molecular formula is C16H31N3OS. The van der Waals surface area contributed by atoms with Gasteiger partial charge in [0, 0.05) is 31.6 Å². The van der Waals surface area contributed by atoms with Crippen LogP contribution in [-0.4, -0.2) is 31.7 Å². The molecule has 1 rings (SSSR count). The third-order valence-electron chi connectivity index (χ3n) is 3.54. The van der Waals surface area contributed by atoms with Crippen molar-refractivity contribution in [3.05, 3.63) is 10.6 Å². The molecular weight excluding hydrogens is 282 g/mol. The molecule has 0 amide bonds. The molecule has 0 bridgehead atoms. The molecule has 1 heterocycles. The molecule has 1 atom stereocenters. The van der Waals surface area contributed by atoms with Gasteiger partial charge in [-0.3, -0.25) is 0 Å². The largest absolute Gasteiger partial charge is 0.378 e. The van der Waals surface area contributed by atoms with Crippen molar-refractivity contribution >= 4 is 16.5 Å². The lowest BCUT2D eigenvalue weighted by molar-refractivity contribution is 0.181. The van der Waals surface area contributed by atoms with Crippen molar-refractivity contribution in [1.29, 1.82) is 0 Å². The molecule has 0 radical (unpaired) electrons. The van der Waals surface area contributed by atoms with E-state index in [1.165, 1.54) is 11.3 Å². The fraction of sp³-hybridized carbons (Fsp3) is 0.812. The average molecular weight is 314 g/mol. The van der Waals surface area contributed by atoms with Gasteiger partial charge in [-0.15, -0.1) is 11.3 Å². The first-order valence-electron chi connectivity index (χ1n) is 7.90. The van der Waals surface area contributed by atoms with Crippen molar-refractivity contribution in [2.45, 2.75) is 59.7 Å². The Morgan fingerprint density at radius 2 is 2.05 bits per heavy atom. The highest BCUT2D eigenvalue weighted by Gasteiger charge is 2.18. The molecule has 0 aliphatic rings. The van der Waals surface area contributed by atoms with Crippen LogP contribution in [0.2, 0.25) is 0 Å². The molecule has 4 nitrogen and oxygen atoms in total. The number of hydrogen-bond donors (Lipinski definition) is 1. The number of methoxy groups -OCH3 is 1. The molecule has 0 aromatic carbocycles. The lowest BCUT2D eigenvalue weighted by Gasteiger charge is -2.25. The number of rotatable bonds is 10. The summed E-state index contributed by atoms with van der Waals surface area (Å²) in [5, 5.41) is 4.56. The standard InChI is InChI=1S/C16H31N3OS/c1-7-8-17-10-15-14(11-20-6)18-16(21-15)19(5)13(4)9-12(2)3/h12-13,17H,7-11H2,1-6H3. The number of aromatic nitrogens is 1. The zero-order chi connectivity index (χ0) is 15.8. The first-order valence-corrected chi connectivity index (χ1v) is 8.72. The molecule has 1 aromatic heterocycles. The van der Waals surface area contributed by atoms with Crippen LogP contribution in [0.1, 0.15) is 51.1 Å². The van der Waals surface area contributed by atoms with Crippen molar-refractivity contribution in [3.63, 3.8) is 0 Å². The van der Waals surface area contributed by atoms with Gasteiger partial charge in [0.1, 0.15) is 0 Å². The van der Waals surface area contributed by atoms with Gasteiger partial charge in [0.15, 0.2) is 5.13 Å². The molecule has 5 heteroatoms. The monoisotopic (exact) mass is 313 g/mol. The summed E-state index contributed by atoms with van der Waals surface area (Å²) in [6.07, 6.45) is 2.33. The van der Waals surface area contributed by atoms with Crippen molar-refractivity contribution in [2.75, 3.05) is 25.6 Å². The van der Waals surface area contributed by atoms with Gasteiger partial charge in [-0.25, -0.2) is 4.98 Å². The highest BCUT2D eigenvalue weighted by molar-refractivity contribution is 7.15. The van der Waals surface area contributed by atoms with E-state index < -0.39 is 0 Å². The van der Waals surface area contributed by atoms with E-state index in [1.54, 1.807) is 18.4 Å². The Morgan fingerprint density at radius 1 is 1.33 bits per heavy atom. The summed E-state index contributed by atoms with van der Waals surface area (Å²) in [7, 11) is 3.87. The molecule has 0 spiro atoms. The Morgan fingerprint density at radius 3 is 2.62 bits per heavy atom. The van der Waals surface area contributed by atoms with E-state index in [0.717, 1.165) is 30.3 Å². The molecule has 0 saturated carbocycles. The number of nitrogens with one attached hydrogen (secondary N) is 1. The fourth-order valence-corrected chi connectivity index (χ4v) is 3.41. The topological polar surface area (TPSA) is 37.4 Å². The molecule has 1 N–H and O–H groups in total. The average Bonchev–Trinajstić information content (AvgIpc) is 2.81. The molecule has 1 unspecified atom stereocenters. The first-order chi connectivity index (χ1) is 9.99. The SMILES string of the molecule is CCCNCc1sc(N(C)C(C)CC(C)C)nc1COC. The van der Waals surface area contributed by atoms with Crippen molar-refractivity contribution in [3.8, 4) is 0 Å². The van der Waals surface area contributed by atoms with Crippen LogP contribution in [0, 0.1) is 5.92 Å². The summed E-state index contributed by atoms with van der Waals surface area (Å²) in [6.45, 7) is 11.5. The van der Waals surface area contributed by atoms with Crippen molar-refractivity contribution < 1.29 is 4.74 Å². The van der Waals surface area contributed by atoms with Gasteiger partial charge in [-0.05, 0) is 32.2 Å². The van der Waals surface area contributed by atoms with Gasteiger partial charge in [-0.2, -0.15) is 0 Å². The maximum Gasteiger partial charge on any atom is 0.185 e. The summed E-state index contributed by atoms with van der Waals surface area (Å²) < 4.78 is 5.29. The third-order valence-corrected chi connectivity index (χ3v) is 4.72. The van der Waals surface area contributed by atoms with Gasteiger partial charge >= 0.3 is 0 Å². The highest BCUT2D eigenvalue weighted by Crippen LogP contribution is 2.28. The van der Waals surface area contributed by atoms with E-state index in [9.17, 15) is 0 Å². The molecule has 0 fully saturated rings. The fourth-order valence-electron chi connectivity index (χ4n) is 2.32. The number of anilines is 1. The predicted molar refractivity (Wildman–Crippen MR) is 92.1 cm³/mol. The molecule has 0 aliphatic carbocycles. The molecule has 21 heavy (non-hydrogen) atoms. The van der Waals surface area contributed by atoms with Crippen LogP contribution in [0.3, 0.4) is 0 Å². The Kier molecular flexibility index (Phi) is 8.22. The second kappa shape index (κ2) is 9.38. The Balaban J connectivity index is 2.79. The lowest BCUT2D eigenvalue weighted by atomic mass is 10.0. The summed E-state index contributed by atoms with van der Waals surface area (Å²) in [5.41, 5.74) is 1.07. The van der Waals surface area contributed by atoms with E-state index in [0.29, 0.717) is 18.6 Å². The predicted octanol–water partition coefficient (Wildman–Crippen LogP) is 3.66. The summed E-state index contributed by atoms with van der Waals surface area (Å²) in [5.74, 6) is 0.701. The second-order valence-electron chi connectivity index (χ2n) is 6.07. The van der Waals surface area contributed by atoms with Crippen LogP contribution < -0.4 is 10.2 Å². The minimum Gasteiger partial charge on any atom is -0.378 e. The Hall–Kier alpha value is -0.650. The normalized spacial score (nSPS) is 12.9. The van der Waals surface area contributed by atoms with E-state index in [-0.39, 0.29) is 0 Å². The first kappa shape index (κ1) is 18.4. The zero-order valence-electron chi connectivity index (χ0n) is 14.4. The third kappa shape index (κ3) is 5.93. The quantitative estimate of drug-likeness (QED) is 0.669. The van der Waals surface area contributed by atoms with E-state index in [2.05, 4.69) is 45.0 Å². The molecule has 0 aliphatic heterocycles. The minimum absolute atomic E-state index is 0.503. The van der Waals surface area contributed by atoms with E-state index >= 15 is 0 Å². The molecule has 122 valence electrons. The van der Waals surface area contributed by atoms with Crippen LogP contribution in [-0.2, 0) is 17.9 Å². The summed E-state index contributed by atoms with van der Waals surface area (Å²) in [6, 6.07) is 0.503. The number of nitrogens with zero attached hydrogens (tertiary/aromatic N) is 2. The highest BCUT2D eigenvalue weighted by atomic mass is 32.1. The number of ether oxygens (including phenoxy) is 1. The van der Waals surface area contributed by atoms with Crippen LogP contribution in [0.5, 0.6) is 0 Å².